The summed E-state index contributed by atoms with van der Waals surface area (Å²) in [6.07, 6.45) is 6.63. The fraction of sp³-hybridized carbons (Fsp3) is 0.625. The lowest BCUT2D eigenvalue weighted by Crippen LogP contribution is -2.42. The van der Waals surface area contributed by atoms with Crippen molar-refractivity contribution in [2.24, 2.45) is 0 Å². The van der Waals surface area contributed by atoms with E-state index in [2.05, 4.69) is 9.97 Å². The molecular formula is C16H22N4O3. The first-order chi connectivity index (χ1) is 11.1. The molecule has 0 aliphatic carbocycles. The number of hydrogen-bond donors (Lipinski definition) is 1. The summed E-state index contributed by atoms with van der Waals surface area (Å²) in [4.78, 5) is 45.9. The number of nitrogens with one attached hydrogen (secondary N) is 1. The van der Waals surface area contributed by atoms with E-state index in [0.717, 1.165) is 37.8 Å². The largest absolute Gasteiger partial charge is 0.345 e. The predicted molar refractivity (Wildman–Crippen MR) is 83.6 cm³/mol. The molecule has 1 aromatic rings. The highest BCUT2D eigenvalue weighted by molar-refractivity contribution is 5.85. The molecule has 2 amide bonds. The molecular weight excluding hydrogens is 296 g/mol. The molecule has 1 aromatic heterocycles. The number of rotatable bonds is 3. The van der Waals surface area contributed by atoms with Crippen LogP contribution < -0.4 is 5.69 Å². The fourth-order valence-corrected chi connectivity index (χ4v) is 3.43. The van der Waals surface area contributed by atoms with E-state index in [1.165, 1.54) is 6.20 Å². The molecule has 2 fully saturated rings. The molecule has 2 saturated heterocycles. The number of aromatic amines is 1. The number of hydrogen-bond acceptors (Lipinski definition) is 4. The van der Waals surface area contributed by atoms with E-state index in [0.29, 0.717) is 19.5 Å². The van der Waals surface area contributed by atoms with Gasteiger partial charge in [-0.25, -0.2) is 9.78 Å². The molecule has 7 nitrogen and oxygen atoms in total. The molecule has 124 valence electrons. The van der Waals surface area contributed by atoms with Gasteiger partial charge in [0.25, 0.3) is 0 Å². The molecule has 2 aliphatic heterocycles. The van der Waals surface area contributed by atoms with Gasteiger partial charge in [-0.15, -0.1) is 0 Å². The third-order valence-electron chi connectivity index (χ3n) is 4.63. The topological polar surface area (TPSA) is 86.4 Å². The van der Waals surface area contributed by atoms with Gasteiger partial charge in [-0.1, -0.05) is 6.42 Å². The Morgan fingerprint density at radius 1 is 1.22 bits per heavy atom. The summed E-state index contributed by atoms with van der Waals surface area (Å²) in [5, 5.41) is 0. The smallest absolute Gasteiger partial charge is 0.333 e. The molecule has 7 heteroatoms. The first-order valence-electron chi connectivity index (χ1n) is 8.27. The summed E-state index contributed by atoms with van der Waals surface area (Å²) in [5.74, 6) is 0.0318. The first-order valence-corrected chi connectivity index (χ1v) is 8.27. The van der Waals surface area contributed by atoms with Gasteiger partial charge < -0.3 is 14.8 Å². The number of likely N-dealkylation sites (tertiary alicyclic amines) is 2. The number of H-pyrrole nitrogens is 1. The van der Waals surface area contributed by atoms with Crippen LogP contribution in [0.3, 0.4) is 0 Å². The Bertz CT molecular complexity index is 642. The van der Waals surface area contributed by atoms with Crippen molar-refractivity contribution < 1.29 is 9.59 Å². The highest BCUT2D eigenvalue weighted by Crippen LogP contribution is 2.30. The molecule has 3 heterocycles. The Kier molecular flexibility index (Phi) is 4.73. The van der Waals surface area contributed by atoms with E-state index in [1.54, 1.807) is 15.9 Å². The zero-order chi connectivity index (χ0) is 16.2. The normalized spacial score (nSPS) is 22.3. The quantitative estimate of drug-likeness (QED) is 0.894. The second-order valence-electron chi connectivity index (χ2n) is 6.20. The molecule has 0 bridgehead atoms. The van der Waals surface area contributed by atoms with E-state index < -0.39 is 5.69 Å². The van der Waals surface area contributed by atoms with Crippen molar-refractivity contribution in [3.8, 4) is 0 Å². The average Bonchev–Trinajstić information content (AvgIpc) is 2.94. The van der Waals surface area contributed by atoms with Crippen molar-refractivity contribution >= 4 is 11.8 Å². The van der Waals surface area contributed by atoms with Gasteiger partial charge in [0.05, 0.1) is 12.6 Å². The van der Waals surface area contributed by atoms with Gasteiger partial charge >= 0.3 is 5.69 Å². The van der Waals surface area contributed by atoms with Crippen LogP contribution in [0.15, 0.2) is 17.1 Å². The Hall–Kier alpha value is -2.18. The summed E-state index contributed by atoms with van der Waals surface area (Å²) in [7, 11) is 0. The van der Waals surface area contributed by atoms with Crippen molar-refractivity contribution in [1.82, 2.24) is 19.8 Å². The molecule has 0 radical (unpaired) electrons. The average molecular weight is 318 g/mol. The van der Waals surface area contributed by atoms with Gasteiger partial charge in [0.1, 0.15) is 0 Å². The number of amides is 2. The minimum Gasteiger partial charge on any atom is -0.333 e. The second kappa shape index (κ2) is 6.93. The molecule has 0 saturated carbocycles. The van der Waals surface area contributed by atoms with Gasteiger partial charge in [-0.2, -0.15) is 0 Å². The lowest BCUT2D eigenvalue weighted by Gasteiger charge is -2.28. The first kappa shape index (κ1) is 15.7. The van der Waals surface area contributed by atoms with Gasteiger partial charge in [0, 0.05) is 31.4 Å². The monoisotopic (exact) mass is 318 g/mol. The molecule has 1 atom stereocenters. The maximum atomic E-state index is 12.7. The molecule has 0 aromatic carbocycles. The van der Waals surface area contributed by atoms with E-state index in [-0.39, 0.29) is 24.4 Å². The van der Waals surface area contributed by atoms with Crippen LogP contribution >= 0.6 is 0 Å². The third kappa shape index (κ3) is 3.60. The number of nitrogens with zero attached hydrogens (tertiary/aromatic N) is 3. The second-order valence-corrected chi connectivity index (χ2v) is 6.20. The Labute approximate surface area is 134 Å². The Morgan fingerprint density at radius 3 is 2.91 bits per heavy atom. The van der Waals surface area contributed by atoms with Crippen LogP contribution in [0.2, 0.25) is 0 Å². The van der Waals surface area contributed by atoms with Crippen molar-refractivity contribution in [2.45, 2.75) is 44.6 Å². The van der Waals surface area contributed by atoms with E-state index in [1.807, 2.05) is 0 Å². The minimum atomic E-state index is -0.399. The summed E-state index contributed by atoms with van der Waals surface area (Å²) >= 11 is 0. The Balaban J connectivity index is 1.70. The van der Waals surface area contributed by atoms with Gasteiger partial charge in [-0.05, 0) is 31.7 Å². The predicted octanol–water partition coefficient (Wildman–Crippen LogP) is 0.836. The van der Waals surface area contributed by atoms with Crippen LogP contribution in [0.4, 0.5) is 0 Å². The molecule has 1 N–H and O–H groups in total. The van der Waals surface area contributed by atoms with Gasteiger partial charge in [0.2, 0.25) is 11.8 Å². The van der Waals surface area contributed by atoms with Crippen LogP contribution in [0.25, 0.3) is 0 Å². The summed E-state index contributed by atoms with van der Waals surface area (Å²) < 4.78 is 0. The summed E-state index contributed by atoms with van der Waals surface area (Å²) in [6.45, 7) is 1.47. The number of carbonyl (C=O) groups is 2. The molecule has 2 aliphatic rings. The number of carbonyl (C=O) groups excluding carboxylic acids is 2. The SMILES string of the molecule is O=C1CCCCCN1CC(=O)N1CCC[C@H]1c1ccnc(=O)[nH]1. The van der Waals surface area contributed by atoms with E-state index >= 15 is 0 Å². The zero-order valence-electron chi connectivity index (χ0n) is 13.2. The zero-order valence-corrected chi connectivity index (χ0v) is 13.2. The van der Waals surface area contributed by atoms with Crippen molar-refractivity contribution in [3.05, 3.63) is 28.4 Å². The van der Waals surface area contributed by atoms with Crippen molar-refractivity contribution in [3.63, 3.8) is 0 Å². The third-order valence-corrected chi connectivity index (χ3v) is 4.63. The highest BCUT2D eigenvalue weighted by atomic mass is 16.2. The van der Waals surface area contributed by atoms with Crippen molar-refractivity contribution in [2.75, 3.05) is 19.6 Å². The molecule has 3 rings (SSSR count). The number of aromatic nitrogens is 2. The van der Waals surface area contributed by atoms with E-state index in [4.69, 9.17) is 0 Å². The van der Waals surface area contributed by atoms with E-state index in [9.17, 15) is 14.4 Å². The van der Waals surface area contributed by atoms with Gasteiger partial charge in [-0.3, -0.25) is 9.59 Å². The minimum absolute atomic E-state index is 0.0413. The van der Waals surface area contributed by atoms with Crippen LogP contribution in [0.5, 0.6) is 0 Å². The molecule has 0 unspecified atom stereocenters. The lowest BCUT2D eigenvalue weighted by molar-refractivity contribution is -0.140. The Morgan fingerprint density at radius 2 is 2.09 bits per heavy atom. The highest BCUT2D eigenvalue weighted by Gasteiger charge is 2.32. The summed E-state index contributed by atoms with van der Waals surface area (Å²) in [5.41, 5.74) is 0.322. The molecule has 23 heavy (non-hydrogen) atoms. The van der Waals surface area contributed by atoms with Crippen LogP contribution in [0, 0.1) is 0 Å². The lowest BCUT2D eigenvalue weighted by atomic mass is 10.1. The fourth-order valence-electron chi connectivity index (χ4n) is 3.43. The maximum Gasteiger partial charge on any atom is 0.345 e. The molecule has 0 spiro atoms. The van der Waals surface area contributed by atoms with Crippen LogP contribution in [-0.4, -0.2) is 51.2 Å². The van der Waals surface area contributed by atoms with Crippen molar-refractivity contribution in [1.29, 1.82) is 0 Å². The maximum absolute atomic E-state index is 12.7. The summed E-state index contributed by atoms with van der Waals surface area (Å²) in [6, 6.07) is 1.62. The van der Waals surface area contributed by atoms with Gasteiger partial charge in [0.15, 0.2) is 0 Å². The van der Waals surface area contributed by atoms with Crippen LogP contribution in [0.1, 0.15) is 50.3 Å². The standard InChI is InChI=1S/C16H22N4O3/c21-14-6-2-1-3-9-19(14)11-15(22)20-10-4-5-13(20)12-7-8-17-16(23)18-12/h7-8,13H,1-6,9-11H2,(H,17,18,23)/t13-/m0/s1. The van der Waals surface area contributed by atoms with Crippen LogP contribution in [-0.2, 0) is 9.59 Å².